The molecule has 1 atom stereocenters. The summed E-state index contributed by atoms with van der Waals surface area (Å²) in [5, 5.41) is 7.03. The van der Waals surface area contributed by atoms with E-state index < -0.39 is 0 Å². The van der Waals surface area contributed by atoms with Crippen molar-refractivity contribution in [2.45, 2.75) is 18.8 Å². The number of piperidine rings is 1. The maximum absolute atomic E-state index is 12.9. The lowest BCUT2D eigenvalue weighted by Gasteiger charge is -2.33. The van der Waals surface area contributed by atoms with Gasteiger partial charge in [0.2, 0.25) is 0 Å². The molecule has 3 heterocycles. The number of nitrogens with one attached hydrogen (secondary N) is 1. The van der Waals surface area contributed by atoms with Crippen LogP contribution in [-0.4, -0.2) is 28.3 Å². The van der Waals surface area contributed by atoms with Gasteiger partial charge < -0.3 is 4.90 Å². The summed E-state index contributed by atoms with van der Waals surface area (Å²) in [5.41, 5.74) is 1.17. The van der Waals surface area contributed by atoms with E-state index in [0.717, 1.165) is 31.7 Å². The molecule has 3 rings (SSSR count). The molecular weight excluding hydrogens is 231 g/mol. The van der Waals surface area contributed by atoms with Crippen molar-refractivity contribution in [1.29, 1.82) is 0 Å². The Labute approximate surface area is 105 Å². The lowest BCUT2D eigenvalue weighted by molar-refractivity contribution is 0.497. The van der Waals surface area contributed by atoms with Gasteiger partial charge in [-0.05, 0) is 31.0 Å². The molecule has 1 fully saturated rings. The molecule has 4 nitrogen and oxygen atoms in total. The Kier molecular flexibility index (Phi) is 2.96. The zero-order chi connectivity index (χ0) is 12.4. The number of pyridine rings is 1. The van der Waals surface area contributed by atoms with Crippen LogP contribution in [0.3, 0.4) is 0 Å². The van der Waals surface area contributed by atoms with Gasteiger partial charge in [0.1, 0.15) is 11.6 Å². The molecule has 1 aliphatic rings. The van der Waals surface area contributed by atoms with Crippen molar-refractivity contribution < 1.29 is 4.39 Å². The molecule has 2 aromatic rings. The number of nitrogens with zero attached hydrogens (tertiary/aromatic N) is 3. The maximum Gasteiger partial charge on any atom is 0.141 e. The average molecular weight is 246 g/mol. The summed E-state index contributed by atoms with van der Waals surface area (Å²) in [5.74, 6) is 1.01. The second-order valence-corrected chi connectivity index (χ2v) is 4.63. The van der Waals surface area contributed by atoms with Gasteiger partial charge in [0.05, 0.1) is 6.20 Å². The maximum atomic E-state index is 12.9. The van der Waals surface area contributed by atoms with Crippen LogP contribution in [0.2, 0.25) is 0 Å². The van der Waals surface area contributed by atoms with E-state index in [9.17, 15) is 4.39 Å². The quantitative estimate of drug-likeness (QED) is 0.884. The largest absolute Gasteiger partial charge is 0.356 e. The summed E-state index contributed by atoms with van der Waals surface area (Å²) in [4.78, 5) is 6.35. The predicted octanol–water partition coefficient (Wildman–Crippen LogP) is 2.33. The Morgan fingerprint density at radius 1 is 1.33 bits per heavy atom. The first-order valence-corrected chi connectivity index (χ1v) is 6.19. The van der Waals surface area contributed by atoms with Gasteiger partial charge in [0, 0.05) is 30.9 Å². The van der Waals surface area contributed by atoms with Crippen molar-refractivity contribution in [3.8, 4) is 0 Å². The van der Waals surface area contributed by atoms with Gasteiger partial charge in [-0.2, -0.15) is 5.10 Å². The van der Waals surface area contributed by atoms with Gasteiger partial charge in [-0.25, -0.2) is 9.37 Å². The van der Waals surface area contributed by atoms with Crippen LogP contribution in [0.25, 0.3) is 0 Å². The zero-order valence-electron chi connectivity index (χ0n) is 10.0. The van der Waals surface area contributed by atoms with Crippen LogP contribution < -0.4 is 4.90 Å². The van der Waals surface area contributed by atoms with E-state index in [4.69, 9.17) is 0 Å². The molecule has 1 aliphatic heterocycles. The van der Waals surface area contributed by atoms with E-state index in [2.05, 4.69) is 20.1 Å². The Bertz CT molecular complexity index is 494. The van der Waals surface area contributed by atoms with Crippen molar-refractivity contribution in [1.82, 2.24) is 15.2 Å². The van der Waals surface area contributed by atoms with Crippen molar-refractivity contribution in [2.75, 3.05) is 18.0 Å². The summed E-state index contributed by atoms with van der Waals surface area (Å²) < 4.78 is 12.9. The van der Waals surface area contributed by atoms with Gasteiger partial charge >= 0.3 is 0 Å². The molecule has 0 aromatic carbocycles. The molecule has 0 spiro atoms. The Morgan fingerprint density at radius 3 is 3.00 bits per heavy atom. The second kappa shape index (κ2) is 4.76. The van der Waals surface area contributed by atoms with Crippen molar-refractivity contribution in [3.63, 3.8) is 0 Å². The van der Waals surface area contributed by atoms with Crippen LogP contribution in [0.15, 0.2) is 30.6 Å². The molecule has 1 unspecified atom stereocenters. The van der Waals surface area contributed by atoms with Crippen LogP contribution in [0.5, 0.6) is 0 Å². The normalized spacial score (nSPS) is 20.1. The standard InChI is InChI=1S/C13H15FN4/c14-11-3-4-13(15-8-11)18-7-1-2-10(9-18)12-5-6-16-17-12/h3-6,8,10H,1-2,7,9H2,(H,16,17). The molecule has 1 saturated heterocycles. The number of rotatable bonds is 2. The van der Waals surface area contributed by atoms with E-state index in [0.29, 0.717) is 5.92 Å². The smallest absolute Gasteiger partial charge is 0.141 e. The molecule has 18 heavy (non-hydrogen) atoms. The summed E-state index contributed by atoms with van der Waals surface area (Å²) >= 11 is 0. The summed E-state index contributed by atoms with van der Waals surface area (Å²) in [6.45, 7) is 1.88. The van der Waals surface area contributed by atoms with Crippen LogP contribution in [0.4, 0.5) is 10.2 Å². The number of aromatic amines is 1. The van der Waals surface area contributed by atoms with E-state index in [1.165, 1.54) is 18.0 Å². The fourth-order valence-corrected chi connectivity index (χ4v) is 2.49. The first-order valence-electron chi connectivity index (χ1n) is 6.19. The van der Waals surface area contributed by atoms with Crippen molar-refractivity contribution in [3.05, 3.63) is 42.1 Å². The molecule has 94 valence electrons. The third kappa shape index (κ3) is 2.20. The molecule has 0 amide bonds. The molecule has 5 heteroatoms. The van der Waals surface area contributed by atoms with Crippen LogP contribution in [0.1, 0.15) is 24.5 Å². The van der Waals surface area contributed by atoms with Crippen LogP contribution >= 0.6 is 0 Å². The minimum absolute atomic E-state index is 0.291. The molecule has 0 saturated carbocycles. The number of anilines is 1. The highest BCUT2D eigenvalue weighted by atomic mass is 19.1. The highest BCUT2D eigenvalue weighted by Crippen LogP contribution is 2.27. The van der Waals surface area contributed by atoms with Crippen LogP contribution in [-0.2, 0) is 0 Å². The number of halogens is 1. The number of hydrogen-bond donors (Lipinski definition) is 1. The van der Waals surface area contributed by atoms with E-state index in [1.807, 2.05) is 6.07 Å². The lowest BCUT2D eigenvalue weighted by atomic mass is 9.95. The van der Waals surface area contributed by atoms with Crippen molar-refractivity contribution >= 4 is 5.82 Å². The van der Waals surface area contributed by atoms with Crippen molar-refractivity contribution in [2.24, 2.45) is 0 Å². The highest BCUT2D eigenvalue weighted by Gasteiger charge is 2.22. The minimum Gasteiger partial charge on any atom is -0.356 e. The van der Waals surface area contributed by atoms with Gasteiger partial charge in [-0.15, -0.1) is 0 Å². The summed E-state index contributed by atoms with van der Waals surface area (Å²) in [7, 11) is 0. The third-order valence-corrected chi connectivity index (χ3v) is 3.42. The monoisotopic (exact) mass is 246 g/mol. The second-order valence-electron chi connectivity index (χ2n) is 4.63. The SMILES string of the molecule is Fc1ccc(N2CCCC(c3ccn[nH]3)C2)nc1. The van der Waals surface area contributed by atoms with Gasteiger partial charge in [-0.3, -0.25) is 5.10 Å². The van der Waals surface area contributed by atoms with E-state index in [-0.39, 0.29) is 5.82 Å². The fraction of sp³-hybridized carbons (Fsp3) is 0.385. The van der Waals surface area contributed by atoms with Gasteiger partial charge in [0.25, 0.3) is 0 Å². The Hall–Kier alpha value is -1.91. The topological polar surface area (TPSA) is 44.8 Å². The molecule has 0 aliphatic carbocycles. The average Bonchev–Trinajstić information content (AvgIpc) is 2.94. The molecular formula is C13H15FN4. The molecule has 2 aromatic heterocycles. The summed E-state index contributed by atoms with van der Waals surface area (Å²) in [6, 6.07) is 5.22. The Morgan fingerprint density at radius 2 is 2.28 bits per heavy atom. The van der Waals surface area contributed by atoms with Gasteiger partial charge in [0.15, 0.2) is 0 Å². The van der Waals surface area contributed by atoms with Crippen LogP contribution in [0, 0.1) is 5.82 Å². The lowest BCUT2D eigenvalue weighted by Crippen LogP contribution is -2.35. The minimum atomic E-state index is -0.291. The molecule has 0 radical (unpaired) electrons. The first-order chi connectivity index (χ1) is 8.83. The number of hydrogen-bond acceptors (Lipinski definition) is 3. The zero-order valence-corrected chi connectivity index (χ0v) is 10.0. The third-order valence-electron chi connectivity index (χ3n) is 3.42. The van der Waals surface area contributed by atoms with E-state index in [1.54, 1.807) is 12.3 Å². The highest BCUT2D eigenvalue weighted by molar-refractivity contribution is 5.39. The Balaban J connectivity index is 1.76. The van der Waals surface area contributed by atoms with Gasteiger partial charge in [-0.1, -0.05) is 0 Å². The molecule has 0 bridgehead atoms. The number of H-pyrrole nitrogens is 1. The van der Waals surface area contributed by atoms with E-state index >= 15 is 0 Å². The molecule has 1 N–H and O–H groups in total. The number of aromatic nitrogens is 3. The first kappa shape index (κ1) is 11.2. The predicted molar refractivity (Wildman–Crippen MR) is 67.0 cm³/mol. The summed E-state index contributed by atoms with van der Waals surface area (Å²) in [6.07, 6.45) is 5.32. The fourth-order valence-electron chi connectivity index (χ4n) is 2.49.